The zero-order valence-corrected chi connectivity index (χ0v) is 17.8. The summed E-state index contributed by atoms with van der Waals surface area (Å²) >= 11 is 0. The van der Waals surface area contributed by atoms with Crippen LogP contribution in [0.15, 0.2) is 66.7 Å². The highest BCUT2D eigenvalue weighted by Gasteiger charge is 2.19. The summed E-state index contributed by atoms with van der Waals surface area (Å²) in [6, 6.07) is 18.0. The molecule has 5 nitrogen and oxygen atoms in total. The number of halogens is 1. The second kappa shape index (κ2) is 8.67. The minimum Gasteiger partial charge on any atom is -0.322 e. The highest BCUT2D eigenvalue weighted by molar-refractivity contribution is 7.92. The molecule has 0 bridgehead atoms. The Bertz CT molecular complexity index is 1190. The molecule has 7 heteroatoms. The quantitative estimate of drug-likeness (QED) is 0.623. The summed E-state index contributed by atoms with van der Waals surface area (Å²) in [5.74, 6) is -1.18. The van der Waals surface area contributed by atoms with Gasteiger partial charge >= 0.3 is 0 Å². The Kier molecular flexibility index (Phi) is 6.22. The number of hydrogen-bond acceptors (Lipinski definition) is 3. The molecule has 0 saturated carbocycles. The number of carbonyl (C=O) groups excluding carboxylic acids is 1. The van der Waals surface area contributed by atoms with Crippen LogP contribution in [0.5, 0.6) is 0 Å². The normalized spacial score (nSPS) is 11.2. The van der Waals surface area contributed by atoms with E-state index in [1.54, 1.807) is 36.4 Å². The minimum atomic E-state index is -3.53. The van der Waals surface area contributed by atoms with Crippen LogP contribution in [0.4, 0.5) is 15.8 Å². The highest BCUT2D eigenvalue weighted by atomic mass is 32.2. The van der Waals surface area contributed by atoms with Crippen molar-refractivity contribution in [3.8, 4) is 0 Å². The Hall–Kier alpha value is -3.19. The molecular formula is C23H23FN2O3S. The number of carbonyl (C=O) groups is 1. The zero-order chi connectivity index (χ0) is 21.9. The number of amides is 1. The lowest BCUT2D eigenvalue weighted by molar-refractivity contribution is 0.102. The molecule has 3 rings (SSSR count). The van der Waals surface area contributed by atoms with Gasteiger partial charge in [-0.1, -0.05) is 30.3 Å². The van der Waals surface area contributed by atoms with Gasteiger partial charge in [-0.3, -0.25) is 9.10 Å². The van der Waals surface area contributed by atoms with Gasteiger partial charge in [0.15, 0.2) is 0 Å². The molecule has 0 atom stereocenters. The number of benzene rings is 3. The van der Waals surface area contributed by atoms with E-state index in [0.717, 1.165) is 17.4 Å². The van der Waals surface area contributed by atoms with Gasteiger partial charge in [0.1, 0.15) is 5.82 Å². The lowest BCUT2D eigenvalue weighted by Crippen LogP contribution is -2.29. The van der Waals surface area contributed by atoms with Crippen LogP contribution in [0.3, 0.4) is 0 Å². The van der Waals surface area contributed by atoms with Gasteiger partial charge in [0.05, 0.1) is 24.1 Å². The molecule has 0 aliphatic heterocycles. The van der Waals surface area contributed by atoms with Crippen LogP contribution >= 0.6 is 0 Å². The lowest BCUT2D eigenvalue weighted by Gasteiger charge is -2.23. The molecule has 0 aromatic heterocycles. The van der Waals surface area contributed by atoms with E-state index in [1.807, 2.05) is 26.0 Å². The molecule has 3 aromatic carbocycles. The molecule has 0 unspecified atom stereocenters. The number of anilines is 2. The van der Waals surface area contributed by atoms with Gasteiger partial charge in [0.2, 0.25) is 10.0 Å². The highest BCUT2D eigenvalue weighted by Crippen LogP contribution is 2.24. The first-order valence-electron chi connectivity index (χ1n) is 9.35. The SMILES string of the molecule is Cc1ccc(N(Cc2cccc(NC(=O)c3ccccc3F)c2)S(C)(=O)=O)cc1C. The average molecular weight is 427 g/mol. The van der Waals surface area contributed by atoms with Crippen LogP contribution in [0.25, 0.3) is 0 Å². The summed E-state index contributed by atoms with van der Waals surface area (Å²) in [6.07, 6.45) is 1.16. The van der Waals surface area contributed by atoms with Crippen LogP contribution < -0.4 is 9.62 Å². The molecular weight excluding hydrogens is 403 g/mol. The molecule has 0 radical (unpaired) electrons. The smallest absolute Gasteiger partial charge is 0.258 e. The summed E-state index contributed by atoms with van der Waals surface area (Å²) in [5, 5.41) is 2.66. The average Bonchev–Trinajstić information content (AvgIpc) is 2.68. The second-order valence-corrected chi connectivity index (χ2v) is 9.08. The van der Waals surface area contributed by atoms with Crippen molar-refractivity contribution < 1.29 is 17.6 Å². The lowest BCUT2D eigenvalue weighted by atomic mass is 10.1. The molecule has 156 valence electrons. The first-order valence-corrected chi connectivity index (χ1v) is 11.2. The van der Waals surface area contributed by atoms with E-state index in [2.05, 4.69) is 5.32 Å². The fourth-order valence-corrected chi connectivity index (χ4v) is 3.92. The molecule has 0 fully saturated rings. The monoisotopic (exact) mass is 426 g/mol. The number of aryl methyl sites for hydroxylation is 2. The maximum Gasteiger partial charge on any atom is 0.258 e. The standard InChI is InChI=1S/C23H23FN2O3S/c1-16-11-12-20(13-17(16)2)26(30(3,28)29)15-18-7-6-8-19(14-18)25-23(27)21-9-4-5-10-22(21)24/h4-14H,15H2,1-3H3,(H,25,27). The summed E-state index contributed by atoms with van der Waals surface area (Å²) in [4.78, 5) is 12.4. The summed E-state index contributed by atoms with van der Waals surface area (Å²) in [7, 11) is -3.53. The minimum absolute atomic E-state index is 0.0594. The van der Waals surface area contributed by atoms with Crippen molar-refractivity contribution in [3.63, 3.8) is 0 Å². The van der Waals surface area contributed by atoms with Crippen molar-refractivity contribution in [3.05, 3.63) is 94.8 Å². The van der Waals surface area contributed by atoms with Gasteiger partial charge in [-0.15, -0.1) is 0 Å². The summed E-state index contributed by atoms with van der Waals surface area (Å²) < 4.78 is 40.0. The molecule has 0 heterocycles. The zero-order valence-electron chi connectivity index (χ0n) is 17.0. The predicted molar refractivity (Wildman–Crippen MR) is 118 cm³/mol. The van der Waals surface area contributed by atoms with Gasteiger partial charge in [0.25, 0.3) is 5.91 Å². The maximum atomic E-state index is 13.8. The predicted octanol–water partition coefficient (Wildman–Crippen LogP) is 4.66. The number of sulfonamides is 1. The van der Waals surface area contributed by atoms with Crippen molar-refractivity contribution >= 4 is 27.3 Å². The van der Waals surface area contributed by atoms with Crippen LogP contribution in [-0.4, -0.2) is 20.6 Å². The molecule has 0 aliphatic rings. The first kappa shape index (κ1) is 21.5. The van der Waals surface area contributed by atoms with Gasteiger partial charge in [0, 0.05) is 5.69 Å². The van der Waals surface area contributed by atoms with E-state index in [1.165, 1.54) is 22.5 Å². The van der Waals surface area contributed by atoms with Crippen molar-refractivity contribution in [2.45, 2.75) is 20.4 Å². The van der Waals surface area contributed by atoms with Gasteiger partial charge < -0.3 is 5.32 Å². The van der Waals surface area contributed by atoms with Crippen LogP contribution in [0, 0.1) is 19.7 Å². The Balaban J connectivity index is 1.86. The molecule has 1 amide bonds. The number of hydrogen-bond donors (Lipinski definition) is 1. The van der Waals surface area contributed by atoms with E-state index in [0.29, 0.717) is 16.9 Å². The molecule has 0 saturated heterocycles. The van der Waals surface area contributed by atoms with Crippen LogP contribution in [-0.2, 0) is 16.6 Å². The third-order valence-electron chi connectivity index (χ3n) is 4.81. The Morgan fingerprint density at radius 3 is 2.37 bits per heavy atom. The number of rotatable bonds is 6. The van der Waals surface area contributed by atoms with E-state index in [9.17, 15) is 17.6 Å². The number of nitrogens with one attached hydrogen (secondary N) is 1. The third kappa shape index (κ3) is 5.04. The number of nitrogens with zero attached hydrogens (tertiary/aromatic N) is 1. The molecule has 0 aliphatic carbocycles. The van der Waals surface area contributed by atoms with Gasteiger partial charge in [-0.25, -0.2) is 12.8 Å². The summed E-state index contributed by atoms with van der Waals surface area (Å²) in [6.45, 7) is 3.99. The topological polar surface area (TPSA) is 66.5 Å². The van der Waals surface area contributed by atoms with E-state index >= 15 is 0 Å². The van der Waals surface area contributed by atoms with Gasteiger partial charge in [-0.2, -0.15) is 0 Å². The second-order valence-electron chi connectivity index (χ2n) is 7.17. The van der Waals surface area contributed by atoms with Crippen LogP contribution in [0.1, 0.15) is 27.0 Å². The van der Waals surface area contributed by atoms with Gasteiger partial charge in [-0.05, 0) is 66.9 Å². The van der Waals surface area contributed by atoms with Crippen molar-refractivity contribution in [1.82, 2.24) is 0 Å². The molecule has 0 spiro atoms. The van der Waals surface area contributed by atoms with E-state index < -0.39 is 21.7 Å². The van der Waals surface area contributed by atoms with E-state index in [4.69, 9.17) is 0 Å². The largest absolute Gasteiger partial charge is 0.322 e. The Morgan fingerprint density at radius 2 is 1.70 bits per heavy atom. The van der Waals surface area contributed by atoms with Crippen molar-refractivity contribution in [1.29, 1.82) is 0 Å². The Morgan fingerprint density at radius 1 is 0.967 bits per heavy atom. The molecule has 3 aromatic rings. The fraction of sp³-hybridized carbons (Fsp3) is 0.174. The van der Waals surface area contributed by atoms with Crippen LogP contribution in [0.2, 0.25) is 0 Å². The Labute approximate surface area is 176 Å². The molecule has 1 N–H and O–H groups in total. The maximum absolute atomic E-state index is 13.8. The third-order valence-corrected chi connectivity index (χ3v) is 5.95. The summed E-state index contributed by atoms with van der Waals surface area (Å²) in [5.41, 5.74) is 3.72. The van der Waals surface area contributed by atoms with Crippen molar-refractivity contribution in [2.24, 2.45) is 0 Å². The molecule has 30 heavy (non-hydrogen) atoms. The fourth-order valence-electron chi connectivity index (χ4n) is 3.04. The first-order chi connectivity index (χ1) is 14.1. The van der Waals surface area contributed by atoms with E-state index in [-0.39, 0.29) is 12.1 Å². The van der Waals surface area contributed by atoms with Crippen molar-refractivity contribution in [2.75, 3.05) is 15.9 Å².